The van der Waals surface area contributed by atoms with Gasteiger partial charge in [0, 0.05) is 11.5 Å². The minimum Gasteiger partial charge on any atom is -0.381 e. The molecule has 0 aromatic heterocycles. The first-order chi connectivity index (χ1) is 3.61. The van der Waals surface area contributed by atoms with Crippen LogP contribution in [0.1, 0.15) is 13.8 Å². The van der Waals surface area contributed by atoms with Crippen LogP contribution in [0.3, 0.4) is 0 Å². The lowest BCUT2D eigenvalue weighted by Crippen LogP contribution is -2.50. The molecule has 0 aromatic carbocycles. The second kappa shape index (κ2) is 1.71. The van der Waals surface area contributed by atoms with Gasteiger partial charge in [0.25, 0.3) is 0 Å². The molecule has 1 fully saturated rings. The largest absolute Gasteiger partial charge is 0.381 e. The third-order valence-electron chi connectivity index (χ3n) is 1.69. The maximum atomic E-state index is 5.76. The third kappa shape index (κ3) is 1.01. The molecule has 1 rings (SSSR count). The SMILES string of the molecule is CC(C)(N)C1COC1. The molecule has 1 saturated heterocycles. The summed E-state index contributed by atoms with van der Waals surface area (Å²) in [5.74, 6) is 0.586. The molecular formula is C6H13NO. The average Bonchev–Trinajstić information content (AvgIpc) is 1.16. The molecule has 0 spiro atoms. The van der Waals surface area contributed by atoms with Gasteiger partial charge in [-0.25, -0.2) is 0 Å². The first kappa shape index (κ1) is 6.05. The number of hydrogen-bond donors (Lipinski definition) is 1. The van der Waals surface area contributed by atoms with Gasteiger partial charge in [-0.15, -0.1) is 0 Å². The molecule has 0 aromatic rings. The van der Waals surface area contributed by atoms with Gasteiger partial charge in [0.1, 0.15) is 0 Å². The Labute approximate surface area is 50.0 Å². The van der Waals surface area contributed by atoms with Crippen LogP contribution in [0.5, 0.6) is 0 Å². The summed E-state index contributed by atoms with van der Waals surface area (Å²) in [6.45, 7) is 5.79. The molecule has 0 saturated carbocycles. The van der Waals surface area contributed by atoms with Crippen molar-refractivity contribution in [2.75, 3.05) is 13.2 Å². The normalized spacial score (nSPS) is 22.9. The lowest BCUT2D eigenvalue weighted by Gasteiger charge is -2.36. The highest BCUT2D eigenvalue weighted by atomic mass is 16.5. The highest BCUT2D eigenvalue weighted by molar-refractivity contribution is 4.85. The van der Waals surface area contributed by atoms with Crippen LogP contribution in [0, 0.1) is 5.92 Å². The Hall–Kier alpha value is -0.0800. The van der Waals surface area contributed by atoms with Gasteiger partial charge in [-0.1, -0.05) is 0 Å². The van der Waals surface area contributed by atoms with Crippen LogP contribution in [0.4, 0.5) is 0 Å². The molecule has 2 heteroatoms. The van der Waals surface area contributed by atoms with E-state index in [-0.39, 0.29) is 5.54 Å². The Morgan fingerprint density at radius 3 is 2.00 bits per heavy atom. The van der Waals surface area contributed by atoms with Crippen molar-refractivity contribution in [3.63, 3.8) is 0 Å². The number of ether oxygens (including phenoxy) is 1. The van der Waals surface area contributed by atoms with E-state index in [9.17, 15) is 0 Å². The number of rotatable bonds is 1. The van der Waals surface area contributed by atoms with E-state index in [0.717, 1.165) is 13.2 Å². The smallest absolute Gasteiger partial charge is 0.0533 e. The van der Waals surface area contributed by atoms with Crippen molar-refractivity contribution < 1.29 is 4.74 Å². The van der Waals surface area contributed by atoms with Gasteiger partial charge in [0.05, 0.1) is 13.2 Å². The Morgan fingerprint density at radius 2 is 2.00 bits per heavy atom. The Balaban J connectivity index is 2.34. The zero-order valence-corrected chi connectivity index (χ0v) is 5.48. The van der Waals surface area contributed by atoms with Gasteiger partial charge in [-0.3, -0.25) is 0 Å². The third-order valence-corrected chi connectivity index (χ3v) is 1.69. The van der Waals surface area contributed by atoms with E-state index in [1.54, 1.807) is 0 Å². The van der Waals surface area contributed by atoms with Crippen LogP contribution in [0.2, 0.25) is 0 Å². The predicted octanol–water partition coefficient (Wildman–Crippen LogP) is 0.370. The van der Waals surface area contributed by atoms with Crippen LogP contribution in [-0.2, 0) is 4.74 Å². The number of nitrogens with two attached hydrogens (primary N) is 1. The summed E-state index contributed by atoms with van der Waals surface area (Å²) in [5, 5.41) is 0. The summed E-state index contributed by atoms with van der Waals surface area (Å²) in [4.78, 5) is 0. The first-order valence-electron chi connectivity index (χ1n) is 2.97. The molecule has 0 bridgehead atoms. The predicted molar refractivity (Wildman–Crippen MR) is 32.6 cm³/mol. The Morgan fingerprint density at radius 1 is 1.50 bits per heavy atom. The molecule has 48 valence electrons. The molecule has 8 heavy (non-hydrogen) atoms. The highest BCUT2D eigenvalue weighted by Gasteiger charge is 2.31. The molecule has 0 unspecified atom stereocenters. The maximum absolute atomic E-state index is 5.76. The van der Waals surface area contributed by atoms with Crippen LogP contribution in [-0.4, -0.2) is 18.8 Å². The Bertz CT molecular complexity index is 81.0. The van der Waals surface area contributed by atoms with Crippen molar-refractivity contribution in [2.45, 2.75) is 19.4 Å². The molecule has 1 aliphatic rings. The second-order valence-electron chi connectivity index (χ2n) is 3.06. The van der Waals surface area contributed by atoms with Crippen LogP contribution >= 0.6 is 0 Å². The van der Waals surface area contributed by atoms with Gasteiger partial charge in [-0.2, -0.15) is 0 Å². The fraction of sp³-hybridized carbons (Fsp3) is 1.00. The van der Waals surface area contributed by atoms with E-state index < -0.39 is 0 Å². The summed E-state index contributed by atoms with van der Waals surface area (Å²) in [5.41, 5.74) is 5.73. The lowest BCUT2D eigenvalue weighted by atomic mass is 9.87. The molecule has 0 radical (unpaired) electrons. The summed E-state index contributed by atoms with van der Waals surface area (Å²) < 4.78 is 4.98. The molecule has 0 amide bonds. The van der Waals surface area contributed by atoms with Gasteiger partial charge in [0.2, 0.25) is 0 Å². The van der Waals surface area contributed by atoms with Crippen molar-refractivity contribution in [3.8, 4) is 0 Å². The van der Waals surface area contributed by atoms with Crippen LogP contribution < -0.4 is 5.73 Å². The monoisotopic (exact) mass is 115 g/mol. The van der Waals surface area contributed by atoms with Gasteiger partial charge in [0.15, 0.2) is 0 Å². The molecule has 1 aliphatic heterocycles. The minimum absolute atomic E-state index is 0.0295. The minimum atomic E-state index is -0.0295. The molecule has 1 heterocycles. The summed E-state index contributed by atoms with van der Waals surface area (Å²) in [6, 6.07) is 0. The maximum Gasteiger partial charge on any atom is 0.0533 e. The molecule has 0 atom stereocenters. The van der Waals surface area contributed by atoms with Crippen molar-refractivity contribution in [1.29, 1.82) is 0 Å². The van der Waals surface area contributed by atoms with Crippen molar-refractivity contribution in [1.82, 2.24) is 0 Å². The van der Waals surface area contributed by atoms with Gasteiger partial charge in [-0.05, 0) is 13.8 Å². The van der Waals surface area contributed by atoms with E-state index >= 15 is 0 Å². The molecule has 2 nitrogen and oxygen atoms in total. The first-order valence-corrected chi connectivity index (χ1v) is 2.97. The Kier molecular flexibility index (Phi) is 1.29. The summed E-state index contributed by atoms with van der Waals surface area (Å²) >= 11 is 0. The summed E-state index contributed by atoms with van der Waals surface area (Å²) in [6.07, 6.45) is 0. The fourth-order valence-corrected chi connectivity index (χ4v) is 0.665. The van der Waals surface area contributed by atoms with Crippen molar-refractivity contribution in [3.05, 3.63) is 0 Å². The van der Waals surface area contributed by atoms with E-state index in [0.29, 0.717) is 5.92 Å². The average molecular weight is 115 g/mol. The zero-order chi connectivity index (χ0) is 6.20. The highest BCUT2D eigenvalue weighted by Crippen LogP contribution is 2.21. The van der Waals surface area contributed by atoms with Crippen LogP contribution in [0.25, 0.3) is 0 Å². The quantitative estimate of drug-likeness (QED) is 0.536. The van der Waals surface area contributed by atoms with Gasteiger partial charge < -0.3 is 10.5 Å². The standard InChI is InChI=1S/C6H13NO/c1-6(2,7)5-3-8-4-5/h5H,3-4,7H2,1-2H3. The topological polar surface area (TPSA) is 35.2 Å². The van der Waals surface area contributed by atoms with E-state index in [2.05, 4.69) is 0 Å². The lowest BCUT2D eigenvalue weighted by molar-refractivity contribution is -0.0615. The van der Waals surface area contributed by atoms with Crippen molar-refractivity contribution >= 4 is 0 Å². The fourth-order valence-electron chi connectivity index (χ4n) is 0.665. The van der Waals surface area contributed by atoms with E-state index in [4.69, 9.17) is 10.5 Å². The van der Waals surface area contributed by atoms with Gasteiger partial charge >= 0.3 is 0 Å². The second-order valence-corrected chi connectivity index (χ2v) is 3.06. The zero-order valence-electron chi connectivity index (χ0n) is 5.48. The van der Waals surface area contributed by atoms with Crippen LogP contribution in [0.15, 0.2) is 0 Å². The molecule has 2 N–H and O–H groups in total. The molecular weight excluding hydrogens is 102 g/mol. The molecule has 0 aliphatic carbocycles. The van der Waals surface area contributed by atoms with E-state index in [1.165, 1.54) is 0 Å². The van der Waals surface area contributed by atoms with E-state index in [1.807, 2.05) is 13.8 Å². The van der Waals surface area contributed by atoms with Crippen molar-refractivity contribution in [2.24, 2.45) is 11.7 Å². The number of hydrogen-bond acceptors (Lipinski definition) is 2. The summed E-state index contributed by atoms with van der Waals surface area (Å²) in [7, 11) is 0.